The zero-order valence-corrected chi connectivity index (χ0v) is 17.2. The molecular weight excluding hydrogens is 394 g/mol. The molecule has 0 amide bonds. The molecule has 0 saturated carbocycles. The van der Waals surface area contributed by atoms with Gasteiger partial charge >= 0.3 is 0 Å². The molecule has 1 fully saturated rings. The minimum atomic E-state index is -0.547. The summed E-state index contributed by atoms with van der Waals surface area (Å²) in [5.41, 5.74) is 1.92. The minimum absolute atomic E-state index is 0.0409. The fraction of sp³-hybridized carbons (Fsp3) is 0.364. The summed E-state index contributed by atoms with van der Waals surface area (Å²) in [6, 6.07) is 8.85. The molecule has 6 nitrogen and oxygen atoms in total. The number of aromatic hydroxyl groups is 1. The maximum atomic E-state index is 11.3. The molecule has 29 heavy (non-hydrogen) atoms. The van der Waals surface area contributed by atoms with Gasteiger partial charge in [0.25, 0.3) is 0 Å². The van der Waals surface area contributed by atoms with E-state index in [9.17, 15) is 9.90 Å². The second-order valence-corrected chi connectivity index (χ2v) is 7.16. The van der Waals surface area contributed by atoms with Gasteiger partial charge in [0.15, 0.2) is 0 Å². The molecule has 1 heterocycles. The zero-order valence-electron chi connectivity index (χ0n) is 16.5. The Morgan fingerprint density at radius 3 is 2.45 bits per heavy atom. The molecule has 154 valence electrons. The van der Waals surface area contributed by atoms with E-state index in [2.05, 4.69) is 4.90 Å². The third-order valence-electron chi connectivity index (χ3n) is 5.07. The lowest BCUT2D eigenvalue weighted by Gasteiger charge is -2.29. The lowest BCUT2D eigenvalue weighted by Crippen LogP contribution is -2.35. The van der Waals surface area contributed by atoms with E-state index in [0.29, 0.717) is 47.4 Å². The van der Waals surface area contributed by atoms with Gasteiger partial charge < -0.3 is 19.3 Å². The van der Waals surface area contributed by atoms with Crippen molar-refractivity contribution in [1.29, 1.82) is 0 Å². The highest BCUT2D eigenvalue weighted by molar-refractivity contribution is 6.30. The molecule has 1 aliphatic heterocycles. The quantitative estimate of drug-likeness (QED) is 0.696. The summed E-state index contributed by atoms with van der Waals surface area (Å²) in [6.45, 7) is 3.31. The normalized spacial score (nSPS) is 15.4. The Labute approximate surface area is 175 Å². The van der Waals surface area contributed by atoms with Gasteiger partial charge in [0.05, 0.1) is 33.0 Å². The van der Waals surface area contributed by atoms with Crippen molar-refractivity contribution in [2.45, 2.75) is 12.5 Å². The Kier molecular flexibility index (Phi) is 7.18. The van der Waals surface area contributed by atoms with Crippen LogP contribution in [0.15, 0.2) is 36.4 Å². The van der Waals surface area contributed by atoms with Crippen molar-refractivity contribution in [2.24, 2.45) is 0 Å². The number of phenols is 1. The molecule has 0 spiro atoms. The van der Waals surface area contributed by atoms with Crippen LogP contribution < -0.4 is 9.47 Å². The summed E-state index contributed by atoms with van der Waals surface area (Å²) in [5, 5.41) is 11.8. The van der Waals surface area contributed by atoms with Crippen molar-refractivity contribution in [2.75, 3.05) is 40.5 Å². The Balaban J connectivity index is 2.12. The summed E-state index contributed by atoms with van der Waals surface area (Å²) in [4.78, 5) is 13.5. The first-order valence-electron chi connectivity index (χ1n) is 9.32. The van der Waals surface area contributed by atoms with Crippen LogP contribution in [-0.2, 0) is 16.1 Å². The highest BCUT2D eigenvalue weighted by Gasteiger charge is 2.27. The molecule has 0 aliphatic carbocycles. The summed E-state index contributed by atoms with van der Waals surface area (Å²) in [7, 11) is 3.07. The predicted molar refractivity (Wildman–Crippen MR) is 111 cm³/mol. The molecule has 0 radical (unpaired) electrons. The number of rotatable bonds is 7. The average Bonchev–Trinajstić information content (AvgIpc) is 2.75. The first-order valence-corrected chi connectivity index (χ1v) is 9.70. The highest BCUT2D eigenvalue weighted by atomic mass is 35.5. The Bertz CT molecular complexity index is 887. The van der Waals surface area contributed by atoms with E-state index in [1.807, 2.05) is 18.1 Å². The molecule has 1 saturated heterocycles. The molecule has 2 aromatic carbocycles. The van der Waals surface area contributed by atoms with Gasteiger partial charge in [-0.3, -0.25) is 4.90 Å². The number of morpholine rings is 1. The molecule has 1 unspecified atom stereocenters. The van der Waals surface area contributed by atoms with Crippen molar-refractivity contribution < 1.29 is 24.1 Å². The number of nitrogens with zero attached hydrogens (tertiary/aromatic N) is 1. The summed E-state index contributed by atoms with van der Waals surface area (Å²) >= 11 is 6.01. The van der Waals surface area contributed by atoms with Gasteiger partial charge in [-0.2, -0.15) is 0 Å². The average molecular weight is 418 g/mol. The van der Waals surface area contributed by atoms with Crippen LogP contribution in [0.4, 0.5) is 0 Å². The number of hydrogen-bond donors (Lipinski definition) is 1. The molecule has 0 aromatic heterocycles. The van der Waals surface area contributed by atoms with Crippen LogP contribution in [0.5, 0.6) is 17.2 Å². The fourth-order valence-corrected chi connectivity index (χ4v) is 3.68. The summed E-state index contributed by atoms with van der Waals surface area (Å²) < 4.78 is 16.5. The lowest BCUT2D eigenvalue weighted by atomic mass is 9.88. The van der Waals surface area contributed by atoms with E-state index in [1.165, 1.54) is 13.2 Å². The summed E-state index contributed by atoms with van der Waals surface area (Å²) in [5.74, 6) is 2.30. The van der Waals surface area contributed by atoms with Crippen molar-refractivity contribution in [3.8, 4) is 17.2 Å². The van der Waals surface area contributed by atoms with Crippen LogP contribution in [0.1, 0.15) is 22.6 Å². The SMILES string of the molecule is COc1cc(OC)c(C(C=C=O)c2ccc(Cl)cc2)c(O)c1CN1CCOCC1. The number of halogens is 1. The van der Waals surface area contributed by atoms with E-state index >= 15 is 0 Å². The fourth-order valence-electron chi connectivity index (χ4n) is 3.55. The standard InChI is InChI=1S/C22H24ClNO5/c1-27-19-13-20(28-2)21(17(7-10-25)15-3-5-16(23)6-4-15)22(26)18(19)14-24-8-11-29-12-9-24/h3-7,13,17,26H,8-9,11-12,14H2,1-2H3. The molecule has 1 atom stereocenters. The van der Waals surface area contributed by atoms with Gasteiger partial charge in [0.2, 0.25) is 0 Å². The third-order valence-corrected chi connectivity index (χ3v) is 5.32. The van der Waals surface area contributed by atoms with Crippen LogP contribution in [0.2, 0.25) is 5.02 Å². The number of benzene rings is 2. The number of phenolic OH excluding ortho intramolecular Hbond substituents is 1. The maximum absolute atomic E-state index is 11.3. The Hall–Kier alpha value is -2.50. The third kappa shape index (κ3) is 4.74. The van der Waals surface area contributed by atoms with Gasteiger partial charge in [-0.15, -0.1) is 0 Å². The van der Waals surface area contributed by atoms with Crippen LogP contribution in [0.3, 0.4) is 0 Å². The van der Waals surface area contributed by atoms with Crippen molar-refractivity contribution in [3.63, 3.8) is 0 Å². The van der Waals surface area contributed by atoms with E-state index in [0.717, 1.165) is 18.7 Å². The highest BCUT2D eigenvalue weighted by Crippen LogP contribution is 2.45. The van der Waals surface area contributed by atoms with Crippen molar-refractivity contribution in [1.82, 2.24) is 4.90 Å². The van der Waals surface area contributed by atoms with Gasteiger partial charge in [-0.05, 0) is 17.7 Å². The van der Waals surface area contributed by atoms with Gasteiger partial charge in [-0.25, -0.2) is 4.79 Å². The van der Waals surface area contributed by atoms with E-state index < -0.39 is 5.92 Å². The number of hydrogen-bond acceptors (Lipinski definition) is 6. The number of methoxy groups -OCH3 is 2. The lowest BCUT2D eigenvalue weighted by molar-refractivity contribution is 0.0335. The predicted octanol–water partition coefficient (Wildman–Crippen LogP) is 3.41. The zero-order chi connectivity index (χ0) is 20.8. The van der Waals surface area contributed by atoms with E-state index in [1.54, 1.807) is 25.3 Å². The van der Waals surface area contributed by atoms with E-state index in [4.69, 9.17) is 25.8 Å². The molecule has 7 heteroatoms. The Morgan fingerprint density at radius 2 is 1.86 bits per heavy atom. The second-order valence-electron chi connectivity index (χ2n) is 6.72. The largest absolute Gasteiger partial charge is 0.507 e. The summed E-state index contributed by atoms with van der Waals surface area (Å²) in [6.07, 6.45) is 1.37. The van der Waals surface area contributed by atoms with Crippen LogP contribution >= 0.6 is 11.6 Å². The topological polar surface area (TPSA) is 68.2 Å². The first kappa shape index (κ1) is 21.2. The maximum Gasteiger partial charge on any atom is 0.131 e. The van der Waals surface area contributed by atoms with Gasteiger partial charge in [-0.1, -0.05) is 23.7 Å². The smallest absolute Gasteiger partial charge is 0.131 e. The molecule has 1 aliphatic rings. The van der Waals surface area contributed by atoms with Crippen LogP contribution in [0, 0.1) is 0 Å². The van der Waals surface area contributed by atoms with E-state index in [-0.39, 0.29) is 5.75 Å². The second kappa shape index (κ2) is 9.81. The molecule has 0 bridgehead atoms. The van der Waals surface area contributed by atoms with Crippen molar-refractivity contribution in [3.05, 3.63) is 58.1 Å². The molecular formula is C22H24ClNO5. The number of ether oxygens (including phenoxy) is 3. The molecule has 3 rings (SSSR count). The van der Waals surface area contributed by atoms with Gasteiger partial charge in [0, 0.05) is 48.3 Å². The molecule has 2 aromatic rings. The van der Waals surface area contributed by atoms with Crippen LogP contribution in [-0.4, -0.2) is 56.5 Å². The minimum Gasteiger partial charge on any atom is -0.507 e. The monoisotopic (exact) mass is 417 g/mol. The van der Waals surface area contributed by atoms with Gasteiger partial charge in [0.1, 0.15) is 23.2 Å². The first-order chi connectivity index (χ1) is 14.1. The van der Waals surface area contributed by atoms with Crippen LogP contribution in [0.25, 0.3) is 0 Å². The Morgan fingerprint density at radius 1 is 1.21 bits per heavy atom. The number of allylic oxidation sites excluding steroid dienone is 1. The number of carbonyl (C=O) groups excluding carboxylic acids is 1. The van der Waals surface area contributed by atoms with Crippen molar-refractivity contribution >= 4 is 17.5 Å². The molecule has 1 N–H and O–H groups in total.